The summed E-state index contributed by atoms with van der Waals surface area (Å²) in [7, 11) is 0. The van der Waals surface area contributed by atoms with Gasteiger partial charge in [-0.1, -0.05) is 11.6 Å². The van der Waals surface area contributed by atoms with Gasteiger partial charge in [-0.3, -0.25) is 14.9 Å². The fraction of sp³-hybridized carbons (Fsp3) is 0.267. The number of nitrogens with one attached hydrogen (secondary N) is 2. The molecule has 0 heterocycles. The molecule has 1 atom stereocenters. The van der Waals surface area contributed by atoms with Gasteiger partial charge in [-0.15, -0.1) is 0 Å². The van der Waals surface area contributed by atoms with Crippen LogP contribution in [-0.2, 0) is 9.59 Å². The van der Waals surface area contributed by atoms with Crippen LogP contribution in [0, 0.1) is 21.4 Å². The predicted molar refractivity (Wildman–Crippen MR) is 98.0 cm³/mol. The molecule has 0 bridgehead atoms. The highest BCUT2D eigenvalue weighted by Gasteiger charge is 2.21. The molecule has 0 aromatic heterocycles. The number of carbonyl (C=O) groups is 2. The summed E-state index contributed by atoms with van der Waals surface area (Å²) in [5, 5.41) is 33.8. The Morgan fingerprint density at radius 3 is 2.77 bits per heavy atom. The molecule has 11 heteroatoms. The maximum Gasteiger partial charge on any atom is 0.326 e. The molecule has 26 heavy (non-hydrogen) atoms. The number of amides is 1. The van der Waals surface area contributed by atoms with Gasteiger partial charge in [0.25, 0.3) is 11.6 Å². The third-order valence-electron chi connectivity index (χ3n) is 3.11. The van der Waals surface area contributed by atoms with Crippen molar-refractivity contribution < 1.29 is 19.6 Å². The van der Waals surface area contributed by atoms with E-state index in [1.165, 1.54) is 23.9 Å². The Morgan fingerprint density at radius 1 is 1.54 bits per heavy atom. The Labute approximate surface area is 158 Å². The molecule has 1 unspecified atom stereocenters. The van der Waals surface area contributed by atoms with E-state index in [0.29, 0.717) is 5.75 Å². The first-order valence-corrected chi connectivity index (χ1v) is 8.90. The lowest BCUT2D eigenvalue weighted by atomic mass is 10.2. The number of rotatable bonds is 9. The fourth-order valence-corrected chi connectivity index (χ4v) is 2.43. The lowest BCUT2D eigenvalue weighted by molar-refractivity contribution is -0.384. The largest absolute Gasteiger partial charge is 0.480 e. The van der Waals surface area contributed by atoms with Crippen molar-refractivity contribution in [2.75, 3.05) is 17.3 Å². The Hall–Kier alpha value is -2.77. The van der Waals surface area contributed by atoms with Crippen molar-refractivity contribution in [2.45, 2.75) is 12.5 Å². The first-order valence-electron chi connectivity index (χ1n) is 7.13. The first-order chi connectivity index (χ1) is 12.3. The zero-order valence-electron chi connectivity index (χ0n) is 13.6. The lowest BCUT2D eigenvalue weighted by Gasteiger charge is -2.13. The number of nitro groups is 1. The monoisotopic (exact) mass is 398 g/mol. The Kier molecular flexibility index (Phi) is 8.41. The third kappa shape index (κ3) is 6.27. The molecule has 0 fully saturated rings. The second-order valence-electron chi connectivity index (χ2n) is 4.88. The SMILES string of the molecule is CSCCC(NC(=O)/C(C#N)=C\Nc1ccc(Cl)c([N+](=O)[O-])c1)C(=O)O. The number of halogens is 1. The van der Waals surface area contributed by atoms with Gasteiger partial charge in [0, 0.05) is 18.0 Å². The number of carbonyl (C=O) groups excluding carboxylic acids is 1. The minimum Gasteiger partial charge on any atom is -0.480 e. The minimum atomic E-state index is -1.20. The smallest absolute Gasteiger partial charge is 0.326 e. The molecule has 138 valence electrons. The molecule has 9 nitrogen and oxygen atoms in total. The number of nitrogens with zero attached hydrogens (tertiary/aromatic N) is 2. The molecule has 0 aliphatic rings. The van der Waals surface area contributed by atoms with Crippen LogP contribution in [0.5, 0.6) is 0 Å². The van der Waals surface area contributed by atoms with Crippen molar-refractivity contribution >= 4 is 46.6 Å². The zero-order valence-corrected chi connectivity index (χ0v) is 15.1. The molecule has 0 saturated heterocycles. The van der Waals surface area contributed by atoms with Crippen LogP contribution < -0.4 is 10.6 Å². The van der Waals surface area contributed by atoms with E-state index in [1.54, 1.807) is 12.3 Å². The molecule has 0 saturated carbocycles. The van der Waals surface area contributed by atoms with Gasteiger partial charge in [-0.25, -0.2) is 4.79 Å². The number of aliphatic carboxylic acids is 1. The second kappa shape index (κ2) is 10.3. The van der Waals surface area contributed by atoms with Crippen molar-refractivity contribution in [1.82, 2.24) is 5.32 Å². The van der Waals surface area contributed by atoms with Crippen LogP contribution in [0.4, 0.5) is 11.4 Å². The maximum absolute atomic E-state index is 12.1. The van der Waals surface area contributed by atoms with E-state index >= 15 is 0 Å². The predicted octanol–water partition coefficient (Wildman–Crippen LogP) is 2.39. The van der Waals surface area contributed by atoms with Crippen molar-refractivity contribution in [1.29, 1.82) is 5.26 Å². The summed E-state index contributed by atoms with van der Waals surface area (Å²) in [4.78, 5) is 33.4. The van der Waals surface area contributed by atoms with Crippen molar-refractivity contribution in [3.63, 3.8) is 0 Å². The normalized spacial score (nSPS) is 12.0. The van der Waals surface area contributed by atoms with Gasteiger partial charge in [0.2, 0.25) is 0 Å². The molecule has 1 rings (SSSR count). The van der Waals surface area contributed by atoms with E-state index in [-0.39, 0.29) is 28.4 Å². The van der Waals surface area contributed by atoms with Crippen molar-refractivity contribution in [3.05, 3.63) is 45.1 Å². The highest BCUT2D eigenvalue weighted by Crippen LogP contribution is 2.27. The van der Waals surface area contributed by atoms with Gasteiger partial charge in [0.1, 0.15) is 22.7 Å². The van der Waals surface area contributed by atoms with E-state index < -0.39 is 22.8 Å². The Morgan fingerprint density at radius 2 is 2.23 bits per heavy atom. The Balaban J connectivity index is 2.89. The number of carboxylic acid groups (broad SMARTS) is 1. The fourth-order valence-electron chi connectivity index (χ4n) is 1.78. The maximum atomic E-state index is 12.1. The van der Waals surface area contributed by atoms with Gasteiger partial charge in [-0.2, -0.15) is 17.0 Å². The summed E-state index contributed by atoms with van der Waals surface area (Å²) in [6.07, 6.45) is 3.05. The summed E-state index contributed by atoms with van der Waals surface area (Å²) < 4.78 is 0. The van der Waals surface area contributed by atoms with Crippen molar-refractivity contribution in [2.24, 2.45) is 0 Å². The van der Waals surface area contributed by atoms with E-state index in [9.17, 15) is 19.7 Å². The van der Waals surface area contributed by atoms with Crippen LogP contribution in [0.25, 0.3) is 0 Å². The molecule has 1 amide bonds. The molecular weight excluding hydrogens is 384 g/mol. The summed E-state index contributed by atoms with van der Waals surface area (Å²) in [6, 6.07) is 4.40. The van der Waals surface area contributed by atoms with Crippen LogP contribution >= 0.6 is 23.4 Å². The van der Waals surface area contributed by atoms with Crippen LogP contribution in [0.2, 0.25) is 5.02 Å². The topological polar surface area (TPSA) is 145 Å². The van der Waals surface area contributed by atoms with E-state index in [0.717, 1.165) is 12.3 Å². The van der Waals surface area contributed by atoms with Crippen LogP contribution in [0.15, 0.2) is 30.0 Å². The number of hydrogen-bond donors (Lipinski definition) is 3. The standard InChI is InChI=1S/C15H15ClN4O5S/c1-26-5-4-12(15(22)23)19-14(21)9(7-17)8-18-10-2-3-11(16)13(6-10)20(24)25/h2-3,6,8,12,18H,4-5H2,1H3,(H,19,21)(H,22,23)/b9-8-. The number of thioether (sulfide) groups is 1. The first kappa shape index (κ1) is 21.3. The molecule has 1 aromatic rings. The molecule has 0 aliphatic carbocycles. The van der Waals surface area contributed by atoms with Gasteiger partial charge in [0.15, 0.2) is 0 Å². The van der Waals surface area contributed by atoms with E-state index in [2.05, 4.69) is 10.6 Å². The van der Waals surface area contributed by atoms with E-state index in [1.807, 2.05) is 0 Å². The van der Waals surface area contributed by atoms with Crippen LogP contribution in [0.3, 0.4) is 0 Å². The molecule has 0 spiro atoms. The third-order valence-corrected chi connectivity index (χ3v) is 4.07. The average Bonchev–Trinajstić information content (AvgIpc) is 2.59. The highest BCUT2D eigenvalue weighted by atomic mass is 35.5. The molecule has 0 aliphatic heterocycles. The molecule has 0 radical (unpaired) electrons. The number of hydrogen-bond acceptors (Lipinski definition) is 7. The number of anilines is 1. The average molecular weight is 399 g/mol. The van der Waals surface area contributed by atoms with Gasteiger partial charge >= 0.3 is 5.97 Å². The summed E-state index contributed by atoms with van der Waals surface area (Å²) in [6.45, 7) is 0. The molecular formula is C15H15ClN4O5S. The number of carboxylic acids is 1. The number of nitro benzene ring substituents is 1. The van der Waals surface area contributed by atoms with E-state index in [4.69, 9.17) is 22.0 Å². The number of nitriles is 1. The van der Waals surface area contributed by atoms with Crippen LogP contribution in [-0.4, -0.2) is 40.0 Å². The highest BCUT2D eigenvalue weighted by molar-refractivity contribution is 7.98. The quantitative estimate of drug-likeness (QED) is 0.249. The minimum absolute atomic E-state index is 0.0547. The zero-order chi connectivity index (χ0) is 19.7. The lowest BCUT2D eigenvalue weighted by Crippen LogP contribution is -2.41. The molecule has 3 N–H and O–H groups in total. The van der Waals surface area contributed by atoms with Crippen LogP contribution in [0.1, 0.15) is 6.42 Å². The summed E-state index contributed by atoms with van der Waals surface area (Å²) in [5.41, 5.74) is -0.479. The summed E-state index contributed by atoms with van der Waals surface area (Å²) >= 11 is 7.13. The van der Waals surface area contributed by atoms with Gasteiger partial charge in [-0.05, 0) is 30.6 Å². The Bertz CT molecular complexity index is 778. The second-order valence-corrected chi connectivity index (χ2v) is 6.28. The van der Waals surface area contributed by atoms with Gasteiger partial charge in [0.05, 0.1) is 4.92 Å². The number of benzene rings is 1. The summed E-state index contributed by atoms with van der Waals surface area (Å²) in [5.74, 6) is -1.54. The van der Waals surface area contributed by atoms with Gasteiger partial charge < -0.3 is 15.7 Å². The van der Waals surface area contributed by atoms with Crippen molar-refractivity contribution in [3.8, 4) is 6.07 Å². The molecule has 1 aromatic carbocycles.